The van der Waals surface area contributed by atoms with Crippen molar-refractivity contribution >= 4 is 11.8 Å². The molecule has 0 radical (unpaired) electrons. The van der Waals surface area contributed by atoms with E-state index in [0.717, 1.165) is 17.9 Å². The topological polar surface area (TPSA) is 12.0 Å². The second-order valence-electron chi connectivity index (χ2n) is 4.75. The summed E-state index contributed by atoms with van der Waals surface area (Å²) < 4.78 is 0. The molecule has 2 aliphatic rings. The molecule has 3 atom stereocenters. The highest BCUT2D eigenvalue weighted by atomic mass is 32.2. The number of nitrogens with one attached hydrogen (secondary N) is 1. The Hall–Kier alpha value is 0.310. The molecule has 3 unspecified atom stereocenters. The van der Waals surface area contributed by atoms with Gasteiger partial charge in [0.05, 0.1) is 0 Å². The summed E-state index contributed by atoms with van der Waals surface area (Å²) in [7, 11) is 0. The monoisotopic (exact) mass is 199 g/mol. The number of rotatable bonds is 3. The number of hydrogen-bond acceptors (Lipinski definition) is 2. The molecule has 1 aliphatic heterocycles. The van der Waals surface area contributed by atoms with Crippen LogP contribution in [0.5, 0.6) is 0 Å². The maximum Gasteiger partial charge on any atom is 0.00698 e. The van der Waals surface area contributed by atoms with Gasteiger partial charge in [-0.3, -0.25) is 0 Å². The molecular formula is C11H21NS. The zero-order chi connectivity index (χ0) is 9.10. The Kier molecular flexibility index (Phi) is 3.56. The third-order valence-corrected chi connectivity index (χ3v) is 4.65. The van der Waals surface area contributed by atoms with Crippen LogP contribution in [0.3, 0.4) is 0 Å². The molecule has 13 heavy (non-hydrogen) atoms. The Labute approximate surface area is 86.0 Å². The van der Waals surface area contributed by atoms with Crippen LogP contribution in [0.15, 0.2) is 0 Å². The average molecular weight is 199 g/mol. The van der Waals surface area contributed by atoms with Crippen molar-refractivity contribution < 1.29 is 0 Å². The van der Waals surface area contributed by atoms with Crippen molar-refractivity contribution in [1.82, 2.24) is 5.32 Å². The van der Waals surface area contributed by atoms with E-state index in [2.05, 4.69) is 24.0 Å². The highest BCUT2D eigenvalue weighted by molar-refractivity contribution is 7.99. The van der Waals surface area contributed by atoms with Gasteiger partial charge in [-0.15, -0.1) is 0 Å². The summed E-state index contributed by atoms with van der Waals surface area (Å²) in [6.07, 6.45) is 5.72. The van der Waals surface area contributed by atoms with Crippen molar-refractivity contribution in [1.29, 1.82) is 0 Å². The smallest absolute Gasteiger partial charge is 0.00698 e. The van der Waals surface area contributed by atoms with Crippen LogP contribution in [-0.2, 0) is 0 Å². The summed E-state index contributed by atoms with van der Waals surface area (Å²) in [5, 5.41) is 3.74. The van der Waals surface area contributed by atoms with Gasteiger partial charge in [-0.05, 0) is 55.6 Å². The second kappa shape index (κ2) is 4.70. The molecule has 0 aromatic carbocycles. The minimum atomic E-state index is 0.848. The first-order chi connectivity index (χ1) is 6.34. The van der Waals surface area contributed by atoms with Crippen molar-refractivity contribution in [3.05, 3.63) is 0 Å². The van der Waals surface area contributed by atoms with E-state index in [4.69, 9.17) is 0 Å². The fraction of sp³-hybridized carbons (Fsp3) is 1.00. The molecule has 0 bridgehead atoms. The van der Waals surface area contributed by atoms with Crippen LogP contribution in [-0.4, -0.2) is 24.1 Å². The predicted octanol–water partition coefficient (Wildman–Crippen LogP) is 2.52. The van der Waals surface area contributed by atoms with Crippen molar-refractivity contribution in [3.63, 3.8) is 0 Å². The van der Waals surface area contributed by atoms with E-state index >= 15 is 0 Å². The molecule has 1 N–H and O–H groups in total. The number of hydrogen-bond donors (Lipinski definition) is 1. The Morgan fingerprint density at radius 2 is 2.23 bits per heavy atom. The first-order valence-corrected chi connectivity index (χ1v) is 6.81. The molecule has 0 spiro atoms. The van der Waals surface area contributed by atoms with E-state index in [1.54, 1.807) is 0 Å². The molecule has 1 saturated carbocycles. The largest absolute Gasteiger partial charge is 0.314 e. The minimum absolute atomic E-state index is 0.848. The number of thioether (sulfide) groups is 1. The third kappa shape index (κ3) is 2.88. The van der Waals surface area contributed by atoms with Crippen LogP contribution < -0.4 is 5.32 Å². The van der Waals surface area contributed by atoms with Crippen LogP contribution in [0, 0.1) is 11.8 Å². The molecule has 1 aliphatic carbocycles. The van der Waals surface area contributed by atoms with Crippen LogP contribution >= 0.6 is 11.8 Å². The lowest BCUT2D eigenvalue weighted by atomic mass is 10.1. The molecular weight excluding hydrogens is 178 g/mol. The van der Waals surface area contributed by atoms with Crippen LogP contribution in [0.1, 0.15) is 32.6 Å². The van der Waals surface area contributed by atoms with Gasteiger partial charge in [0.1, 0.15) is 0 Å². The second-order valence-corrected chi connectivity index (χ2v) is 5.90. The summed E-state index contributed by atoms with van der Waals surface area (Å²) in [4.78, 5) is 0. The molecule has 76 valence electrons. The third-order valence-electron chi connectivity index (χ3n) is 3.41. The first kappa shape index (κ1) is 9.85. The Morgan fingerprint density at radius 1 is 1.31 bits per heavy atom. The lowest BCUT2D eigenvalue weighted by molar-refractivity contribution is 0.445. The van der Waals surface area contributed by atoms with Crippen molar-refractivity contribution in [2.45, 2.75) is 38.6 Å². The van der Waals surface area contributed by atoms with E-state index in [-0.39, 0.29) is 0 Å². The molecule has 2 rings (SSSR count). The Balaban J connectivity index is 1.62. The van der Waals surface area contributed by atoms with Crippen molar-refractivity contribution in [3.8, 4) is 0 Å². The van der Waals surface area contributed by atoms with E-state index in [1.807, 2.05) is 0 Å². The zero-order valence-electron chi connectivity index (χ0n) is 8.59. The fourth-order valence-electron chi connectivity index (χ4n) is 2.47. The fourth-order valence-corrected chi connectivity index (χ4v) is 3.75. The van der Waals surface area contributed by atoms with Crippen LogP contribution in [0.2, 0.25) is 0 Å². The van der Waals surface area contributed by atoms with Gasteiger partial charge in [-0.25, -0.2) is 0 Å². The van der Waals surface area contributed by atoms with E-state index in [1.165, 1.54) is 43.7 Å². The molecule has 2 fully saturated rings. The lowest BCUT2D eigenvalue weighted by Crippen LogP contribution is -2.31. The summed E-state index contributed by atoms with van der Waals surface area (Å²) >= 11 is 2.13. The van der Waals surface area contributed by atoms with Crippen LogP contribution in [0.4, 0.5) is 0 Å². The molecule has 1 nitrogen and oxygen atoms in total. The molecule has 1 saturated heterocycles. The zero-order valence-corrected chi connectivity index (χ0v) is 9.41. The SMILES string of the molecule is CC1CCC(NCC2CCSC2)C1. The van der Waals surface area contributed by atoms with Crippen molar-refractivity contribution in [2.24, 2.45) is 11.8 Å². The van der Waals surface area contributed by atoms with Gasteiger partial charge in [-0.1, -0.05) is 6.92 Å². The Morgan fingerprint density at radius 3 is 2.85 bits per heavy atom. The predicted molar refractivity (Wildman–Crippen MR) is 60.2 cm³/mol. The van der Waals surface area contributed by atoms with Gasteiger partial charge in [0.15, 0.2) is 0 Å². The summed E-state index contributed by atoms with van der Waals surface area (Å²) in [6.45, 7) is 3.66. The van der Waals surface area contributed by atoms with E-state index in [0.29, 0.717) is 0 Å². The van der Waals surface area contributed by atoms with Gasteiger partial charge in [0.2, 0.25) is 0 Å². The molecule has 2 heteroatoms. The summed E-state index contributed by atoms with van der Waals surface area (Å²) in [5.41, 5.74) is 0. The van der Waals surface area contributed by atoms with Crippen molar-refractivity contribution in [2.75, 3.05) is 18.1 Å². The molecule has 0 aromatic heterocycles. The Bertz CT molecular complexity index is 154. The summed E-state index contributed by atoms with van der Waals surface area (Å²) in [6, 6.07) is 0.848. The minimum Gasteiger partial charge on any atom is -0.314 e. The maximum absolute atomic E-state index is 3.74. The van der Waals surface area contributed by atoms with Gasteiger partial charge in [0.25, 0.3) is 0 Å². The highest BCUT2D eigenvalue weighted by Crippen LogP contribution is 2.26. The lowest BCUT2D eigenvalue weighted by Gasteiger charge is -2.15. The van der Waals surface area contributed by atoms with Gasteiger partial charge >= 0.3 is 0 Å². The van der Waals surface area contributed by atoms with E-state index in [9.17, 15) is 0 Å². The molecule has 0 aromatic rings. The standard InChI is InChI=1S/C11H21NS/c1-9-2-3-11(6-9)12-7-10-4-5-13-8-10/h9-12H,2-8H2,1H3. The maximum atomic E-state index is 3.74. The summed E-state index contributed by atoms with van der Waals surface area (Å²) in [5.74, 6) is 4.74. The van der Waals surface area contributed by atoms with Crippen LogP contribution in [0.25, 0.3) is 0 Å². The van der Waals surface area contributed by atoms with Gasteiger partial charge < -0.3 is 5.32 Å². The average Bonchev–Trinajstić information content (AvgIpc) is 2.71. The first-order valence-electron chi connectivity index (χ1n) is 5.65. The molecule has 1 heterocycles. The van der Waals surface area contributed by atoms with Gasteiger partial charge in [0, 0.05) is 6.04 Å². The normalized spacial score (nSPS) is 39.9. The van der Waals surface area contributed by atoms with Gasteiger partial charge in [-0.2, -0.15) is 11.8 Å². The molecule has 0 amide bonds. The quantitative estimate of drug-likeness (QED) is 0.749. The highest BCUT2D eigenvalue weighted by Gasteiger charge is 2.22. The van der Waals surface area contributed by atoms with E-state index < -0.39 is 0 Å².